The second-order valence-electron chi connectivity index (χ2n) is 2.75. The van der Waals surface area contributed by atoms with Crippen LogP contribution >= 0.6 is 23.2 Å². The minimum Gasteiger partial charge on any atom is -0.222 e. The van der Waals surface area contributed by atoms with E-state index in [4.69, 9.17) is 23.2 Å². The van der Waals surface area contributed by atoms with Crippen LogP contribution in [0.15, 0.2) is 30.6 Å². The Bertz CT molecular complexity index is 439. The summed E-state index contributed by atoms with van der Waals surface area (Å²) in [6.07, 6.45) is 3.53. The summed E-state index contributed by atoms with van der Waals surface area (Å²) in [4.78, 5) is 4.11. The van der Waals surface area contributed by atoms with Gasteiger partial charge in [-0.25, -0.2) is 9.67 Å². The van der Waals surface area contributed by atoms with Gasteiger partial charge in [0, 0.05) is 11.8 Å². The standard InChI is InChI=1S/C9H7Cl2N3/c10-4-7-5-12-14(6-7)9-3-1-2-8(11)13-9/h1-3,5-6H,4H2. The molecule has 0 atom stereocenters. The maximum Gasteiger partial charge on any atom is 0.155 e. The highest BCUT2D eigenvalue weighted by atomic mass is 35.5. The van der Waals surface area contributed by atoms with Gasteiger partial charge in [0.05, 0.1) is 12.1 Å². The molecule has 72 valence electrons. The van der Waals surface area contributed by atoms with Crippen LogP contribution in [0.1, 0.15) is 5.56 Å². The van der Waals surface area contributed by atoms with Crippen molar-refractivity contribution >= 4 is 23.2 Å². The topological polar surface area (TPSA) is 30.7 Å². The van der Waals surface area contributed by atoms with Gasteiger partial charge in [0.15, 0.2) is 5.82 Å². The first-order chi connectivity index (χ1) is 6.79. The number of rotatable bonds is 2. The van der Waals surface area contributed by atoms with E-state index in [1.807, 2.05) is 18.3 Å². The molecule has 0 fully saturated rings. The SMILES string of the molecule is ClCc1cnn(-c2cccc(Cl)n2)c1. The summed E-state index contributed by atoms with van der Waals surface area (Å²) in [6.45, 7) is 0. The van der Waals surface area contributed by atoms with Crippen LogP contribution in [-0.2, 0) is 5.88 Å². The van der Waals surface area contributed by atoms with Crippen molar-refractivity contribution in [1.29, 1.82) is 0 Å². The van der Waals surface area contributed by atoms with Gasteiger partial charge in [-0.05, 0) is 12.1 Å². The normalized spacial score (nSPS) is 10.4. The van der Waals surface area contributed by atoms with E-state index < -0.39 is 0 Å². The number of nitrogens with zero attached hydrogens (tertiary/aromatic N) is 3. The molecule has 0 aliphatic carbocycles. The molecule has 2 aromatic rings. The lowest BCUT2D eigenvalue weighted by Crippen LogP contribution is -1.96. The maximum atomic E-state index is 5.76. The van der Waals surface area contributed by atoms with Crippen LogP contribution in [0, 0.1) is 0 Å². The van der Waals surface area contributed by atoms with Crippen molar-refractivity contribution in [2.75, 3.05) is 0 Å². The van der Waals surface area contributed by atoms with E-state index in [2.05, 4.69) is 10.1 Å². The van der Waals surface area contributed by atoms with Gasteiger partial charge in [0.2, 0.25) is 0 Å². The van der Waals surface area contributed by atoms with E-state index in [0.29, 0.717) is 16.9 Å². The summed E-state index contributed by atoms with van der Waals surface area (Å²) < 4.78 is 1.64. The van der Waals surface area contributed by atoms with Crippen molar-refractivity contribution in [3.8, 4) is 5.82 Å². The summed E-state index contributed by atoms with van der Waals surface area (Å²) in [5.41, 5.74) is 0.952. The maximum absolute atomic E-state index is 5.76. The molecule has 0 spiro atoms. The Hall–Kier alpha value is -1.06. The minimum absolute atomic E-state index is 0.445. The lowest BCUT2D eigenvalue weighted by Gasteiger charge is -1.98. The summed E-state index contributed by atoms with van der Waals surface area (Å²) in [5, 5.41) is 4.56. The third kappa shape index (κ3) is 1.89. The van der Waals surface area contributed by atoms with Crippen molar-refractivity contribution in [2.45, 2.75) is 5.88 Å². The van der Waals surface area contributed by atoms with Crippen LogP contribution in [0.5, 0.6) is 0 Å². The zero-order valence-corrected chi connectivity index (χ0v) is 8.70. The second kappa shape index (κ2) is 3.98. The van der Waals surface area contributed by atoms with Gasteiger partial charge >= 0.3 is 0 Å². The number of alkyl halides is 1. The summed E-state index contributed by atoms with van der Waals surface area (Å²) >= 11 is 11.4. The summed E-state index contributed by atoms with van der Waals surface area (Å²) in [7, 11) is 0. The first kappa shape index (κ1) is 9.49. The van der Waals surface area contributed by atoms with Gasteiger partial charge < -0.3 is 0 Å². The molecule has 2 aromatic heterocycles. The lowest BCUT2D eigenvalue weighted by molar-refractivity contribution is 0.847. The van der Waals surface area contributed by atoms with Crippen molar-refractivity contribution in [3.63, 3.8) is 0 Å². The first-order valence-electron chi connectivity index (χ1n) is 4.02. The Morgan fingerprint density at radius 2 is 2.21 bits per heavy atom. The minimum atomic E-state index is 0.445. The molecule has 0 bridgehead atoms. The highest BCUT2D eigenvalue weighted by Crippen LogP contribution is 2.10. The van der Waals surface area contributed by atoms with Gasteiger partial charge in [0.1, 0.15) is 5.15 Å². The molecule has 0 amide bonds. The Balaban J connectivity index is 2.39. The van der Waals surface area contributed by atoms with E-state index in [9.17, 15) is 0 Å². The average molecular weight is 228 g/mol. The highest BCUT2D eigenvalue weighted by Gasteiger charge is 2.01. The fourth-order valence-electron chi connectivity index (χ4n) is 1.08. The molecule has 0 aliphatic heterocycles. The highest BCUT2D eigenvalue weighted by molar-refractivity contribution is 6.29. The van der Waals surface area contributed by atoms with Crippen LogP contribution in [0.25, 0.3) is 5.82 Å². The Morgan fingerprint density at radius 1 is 1.36 bits per heavy atom. The molecule has 0 aliphatic rings. The van der Waals surface area contributed by atoms with Crippen LogP contribution in [0.4, 0.5) is 0 Å². The van der Waals surface area contributed by atoms with E-state index in [0.717, 1.165) is 5.56 Å². The van der Waals surface area contributed by atoms with Gasteiger partial charge in [-0.2, -0.15) is 5.10 Å². The fourth-order valence-corrected chi connectivity index (χ4v) is 1.38. The number of aromatic nitrogens is 3. The Morgan fingerprint density at radius 3 is 2.86 bits per heavy atom. The third-order valence-corrected chi connectivity index (χ3v) is 2.24. The Kier molecular flexibility index (Phi) is 2.70. The van der Waals surface area contributed by atoms with Gasteiger partial charge in [-0.3, -0.25) is 0 Å². The van der Waals surface area contributed by atoms with E-state index in [-0.39, 0.29) is 0 Å². The van der Waals surface area contributed by atoms with Crippen molar-refractivity contribution in [2.24, 2.45) is 0 Å². The lowest BCUT2D eigenvalue weighted by atomic mass is 10.4. The molecule has 0 unspecified atom stereocenters. The molecule has 0 N–H and O–H groups in total. The molecular weight excluding hydrogens is 221 g/mol. The van der Waals surface area contributed by atoms with Crippen molar-refractivity contribution in [3.05, 3.63) is 41.3 Å². The monoisotopic (exact) mass is 227 g/mol. The molecule has 3 nitrogen and oxygen atoms in total. The molecule has 0 aromatic carbocycles. The molecule has 0 saturated heterocycles. The van der Waals surface area contributed by atoms with E-state index >= 15 is 0 Å². The molecular formula is C9H7Cl2N3. The summed E-state index contributed by atoms with van der Waals surface area (Å²) in [5.74, 6) is 1.13. The zero-order valence-electron chi connectivity index (χ0n) is 7.19. The average Bonchev–Trinajstić information content (AvgIpc) is 2.66. The second-order valence-corrected chi connectivity index (χ2v) is 3.40. The van der Waals surface area contributed by atoms with E-state index in [1.54, 1.807) is 16.9 Å². The Labute approximate surface area is 91.3 Å². The van der Waals surface area contributed by atoms with Gasteiger partial charge in [0.25, 0.3) is 0 Å². The van der Waals surface area contributed by atoms with Crippen molar-refractivity contribution < 1.29 is 0 Å². The summed E-state index contributed by atoms with van der Waals surface area (Å²) in [6, 6.07) is 5.38. The molecule has 14 heavy (non-hydrogen) atoms. The predicted molar refractivity (Wildman–Crippen MR) is 55.9 cm³/mol. The number of hydrogen-bond donors (Lipinski definition) is 0. The quantitative estimate of drug-likeness (QED) is 0.584. The van der Waals surface area contributed by atoms with Gasteiger partial charge in [-0.1, -0.05) is 17.7 Å². The smallest absolute Gasteiger partial charge is 0.155 e. The molecule has 0 saturated carbocycles. The predicted octanol–water partition coefficient (Wildman–Crippen LogP) is 2.66. The molecule has 0 radical (unpaired) electrons. The molecule has 2 heterocycles. The fraction of sp³-hybridized carbons (Fsp3) is 0.111. The van der Waals surface area contributed by atoms with Crippen LogP contribution < -0.4 is 0 Å². The van der Waals surface area contributed by atoms with Crippen molar-refractivity contribution in [1.82, 2.24) is 14.8 Å². The molecule has 2 rings (SSSR count). The number of halogens is 2. The van der Waals surface area contributed by atoms with Crippen LogP contribution in [-0.4, -0.2) is 14.8 Å². The number of pyridine rings is 1. The first-order valence-corrected chi connectivity index (χ1v) is 4.93. The molecule has 5 heteroatoms. The zero-order chi connectivity index (χ0) is 9.97. The van der Waals surface area contributed by atoms with E-state index in [1.165, 1.54) is 0 Å². The largest absolute Gasteiger partial charge is 0.222 e. The number of hydrogen-bond acceptors (Lipinski definition) is 2. The van der Waals surface area contributed by atoms with Crippen LogP contribution in [0.3, 0.4) is 0 Å². The third-order valence-electron chi connectivity index (χ3n) is 1.73. The van der Waals surface area contributed by atoms with Gasteiger partial charge in [-0.15, -0.1) is 11.6 Å². The van der Waals surface area contributed by atoms with Crippen LogP contribution in [0.2, 0.25) is 5.15 Å².